The average Bonchev–Trinajstić information content (AvgIpc) is 3.21. The van der Waals surface area contributed by atoms with Gasteiger partial charge in [0, 0.05) is 29.4 Å². The number of aromatic hydroxyl groups is 1. The van der Waals surface area contributed by atoms with Gasteiger partial charge in [0.25, 0.3) is 0 Å². The standard InChI is InChI=1S/C23H25NO3S/c1-26-19-5-3-4-17(12-19)23-7-6-20(28-23)9-11-24-10-8-16-13-21(25)22(27-2)14-18(16)15-24/h3-7,12-14,25H,8-11,15H2,1-2H3. The lowest BCUT2D eigenvalue weighted by Crippen LogP contribution is -2.32. The number of hydrogen-bond acceptors (Lipinski definition) is 5. The van der Waals surface area contributed by atoms with E-state index in [-0.39, 0.29) is 5.75 Å². The van der Waals surface area contributed by atoms with Gasteiger partial charge in [-0.25, -0.2) is 0 Å². The molecule has 4 rings (SSSR count). The van der Waals surface area contributed by atoms with Crippen LogP contribution in [0.1, 0.15) is 16.0 Å². The molecule has 0 saturated carbocycles. The molecular formula is C23H25NO3S. The van der Waals surface area contributed by atoms with Gasteiger partial charge in [0.05, 0.1) is 14.2 Å². The number of ether oxygens (including phenoxy) is 2. The third kappa shape index (κ3) is 4.01. The van der Waals surface area contributed by atoms with Gasteiger partial charge in [0.15, 0.2) is 11.5 Å². The van der Waals surface area contributed by atoms with Crippen LogP contribution in [-0.4, -0.2) is 37.3 Å². The van der Waals surface area contributed by atoms with Crippen molar-refractivity contribution in [1.29, 1.82) is 0 Å². The molecule has 1 aliphatic heterocycles. The predicted octanol–water partition coefficient (Wildman–Crippen LogP) is 4.74. The van der Waals surface area contributed by atoms with Crippen LogP contribution in [0.4, 0.5) is 0 Å². The first-order valence-electron chi connectivity index (χ1n) is 9.50. The van der Waals surface area contributed by atoms with Gasteiger partial charge in [0.2, 0.25) is 0 Å². The molecule has 0 saturated heterocycles. The monoisotopic (exact) mass is 395 g/mol. The summed E-state index contributed by atoms with van der Waals surface area (Å²) in [5.74, 6) is 1.68. The highest BCUT2D eigenvalue weighted by molar-refractivity contribution is 7.15. The van der Waals surface area contributed by atoms with Crippen molar-refractivity contribution in [3.63, 3.8) is 0 Å². The van der Waals surface area contributed by atoms with E-state index >= 15 is 0 Å². The minimum absolute atomic E-state index is 0.235. The first-order chi connectivity index (χ1) is 13.7. The quantitative estimate of drug-likeness (QED) is 0.655. The Morgan fingerprint density at radius 3 is 2.75 bits per heavy atom. The number of thiophene rings is 1. The van der Waals surface area contributed by atoms with Gasteiger partial charge in [-0.15, -0.1) is 11.3 Å². The second-order valence-corrected chi connectivity index (χ2v) is 8.24. The van der Waals surface area contributed by atoms with Gasteiger partial charge in [-0.3, -0.25) is 4.90 Å². The van der Waals surface area contributed by atoms with Crippen molar-refractivity contribution in [2.24, 2.45) is 0 Å². The van der Waals surface area contributed by atoms with E-state index in [1.165, 1.54) is 26.4 Å². The molecule has 4 nitrogen and oxygen atoms in total. The van der Waals surface area contributed by atoms with Crippen LogP contribution in [0.25, 0.3) is 10.4 Å². The molecule has 2 aromatic carbocycles. The number of hydrogen-bond donors (Lipinski definition) is 1. The number of phenols is 1. The van der Waals surface area contributed by atoms with Crippen molar-refractivity contribution in [2.75, 3.05) is 27.3 Å². The number of nitrogens with zero attached hydrogens (tertiary/aromatic N) is 1. The second-order valence-electron chi connectivity index (χ2n) is 7.07. The second kappa shape index (κ2) is 8.25. The molecule has 0 radical (unpaired) electrons. The third-order valence-electron chi connectivity index (χ3n) is 5.28. The highest BCUT2D eigenvalue weighted by atomic mass is 32.1. The van der Waals surface area contributed by atoms with Crippen molar-refractivity contribution in [3.05, 3.63) is 64.5 Å². The predicted molar refractivity (Wildman–Crippen MR) is 114 cm³/mol. The molecule has 1 N–H and O–H groups in total. The summed E-state index contributed by atoms with van der Waals surface area (Å²) in [4.78, 5) is 5.15. The lowest BCUT2D eigenvalue weighted by molar-refractivity contribution is 0.256. The Kier molecular flexibility index (Phi) is 5.55. The van der Waals surface area contributed by atoms with Crippen LogP contribution < -0.4 is 9.47 Å². The van der Waals surface area contributed by atoms with Crippen LogP contribution >= 0.6 is 11.3 Å². The molecule has 0 spiro atoms. The Labute approximate surface area is 170 Å². The van der Waals surface area contributed by atoms with E-state index in [9.17, 15) is 5.11 Å². The highest BCUT2D eigenvalue weighted by Gasteiger charge is 2.19. The Bertz CT molecular complexity index is 966. The van der Waals surface area contributed by atoms with Crippen LogP contribution in [0, 0.1) is 0 Å². The average molecular weight is 396 g/mol. The summed E-state index contributed by atoms with van der Waals surface area (Å²) in [6, 6.07) is 16.5. The van der Waals surface area contributed by atoms with E-state index in [0.29, 0.717) is 5.75 Å². The molecule has 0 bridgehead atoms. The molecule has 1 aliphatic rings. The lowest BCUT2D eigenvalue weighted by atomic mass is 9.98. The first kappa shape index (κ1) is 18.8. The van der Waals surface area contributed by atoms with Crippen LogP contribution in [0.15, 0.2) is 48.5 Å². The van der Waals surface area contributed by atoms with Crippen LogP contribution in [0.3, 0.4) is 0 Å². The zero-order chi connectivity index (χ0) is 19.5. The topological polar surface area (TPSA) is 41.9 Å². The zero-order valence-electron chi connectivity index (χ0n) is 16.3. The van der Waals surface area contributed by atoms with E-state index < -0.39 is 0 Å². The number of rotatable bonds is 6. The van der Waals surface area contributed by atoms with Gasteiger partial charge in [-0.1, -0.05) is 12.1 Å². The fourth-order valence-electron chi connectivity index (χ4n) is 3.70. The molecule has 0 atom stereocenters. The Morgan fingerprint density at radius 2 is 1.93 bits per heavy atom. The molecular weight excluding hydrogens is 370 g/mol. The molecule has 0 unspecified atom stereocenters. The van der Waals surface area contributed by atoms with Crippen molar-refractivity contribution >= 4 is 11.3 Å². The van der Waals surface area contributed by atoms with Crippen molar-refractivity contribution < 1.29 is 14.6 Å². The fraction of sp³-hybridized carbons (Fsp3) is 0.304. The van der Waals surface area contributed by atoms with E-state index in [1.54, 1.807) is 14.2 Å². The maximum atomic E-state index is 9.97. The maximum Gasteiger partial charge on any atom is 0.160 e. The first-order valence-corrected chi connectivity index (χ1v) is 10.3. The molecule has 0 fully saturated rings. The summed E-state index contributed by atoms with van der Waals surface area (Å²) in [6.07, 6.45) is 2.01. The van der Waals surface area contributed by atoms with Crippen LogP contribution in [0.5, 0.6) is 17.2 Å². The number of benzene rings is 2. The Hall–Kier alpha value is -2.50. The molecule has 5 heteroatoms. The summed E-state index contributed by atoms with van der Waals surface area (Å²) in [5.41, 5.74) is 3.68. The van der Waals surface area contributed by atoms with Gasteiger partial charge in [-0.2, -0.15) is 0 Å². The highest BCUT2D eigenvalue weighted by Crippen LogP contribution is 2.33. The van der Waals surface area contributed by atoms with Crippen molar-refractivity contribution in [2.45, 2.75) is 19.4 Å². The lowest BCUT2D eigenvalue weighted by Gasteiger charge is -2.29. The van der Waals surface area contributed by atoms with Crippen molar-refractivity contribution in [3.8, 4) is 27.7 Å². The van der Waals surface area contributed by atoms with E-state index in [4.69, 9.17) is 9.47 Å². The van der Waals surface area contributed by atoms with Gasteiger partial charge >= 0.3 is 0 Å². The van der Waals surface area contributed by atoms with E-state index in [0.717, 1.165) is 38.2 Å². The molecule has 0 amide bonds. The summed E-state index contributed by atoms with van der Waals surface area (Å²) in [6.45, 7) is 2.95. The number of methoxy groups -OCH3 is 2. The van der Waals surface area contributed by atoms with Crippen LogP contribution in [0.2, 0.25) is 0 Å². The minimum Gasteiger partial charge on any atom is -0.504 e. The van der Waals surface area contributed by atoms with E-state index in [2.05, 4.69) is 29.2 Å². The SMILES string of the molecule is COc1cccc(-c2ccc(CCN3CCc4cc(O)c(OC)cc4C3)s2)c1. The molecule has 146 valence electrons. The smallest absolute Gasteiger partial charge is 0.160 e. The van der Waals surface area contributed by atoms with Gasteiger partial charge in [-0.05, 0) is 65.9 Å². The number of fused-ring (bicyclic) bond motifs is 1. The molecule has 1 aromatic heterocycles. The largest absolute Gasteiger partial charge is 0.504 e. The normalized spacial score (nSPS) is 13.9. The van der Waals surface area contributed by atoms with Gasteiger partial charge in [0.1, 0.15) is 5.75 Å². The maximum absolute atomic E-state index is 9.97. The molecule has 28 heavy (non-hydrogen) atoms. The molecule has 2 heterocycles. The summed E-state index contributed by atoms with van der Waals surface area (Å²) in [7, 11) is 3.30. The number of phenolic OH excluding ortho intramolecular Hbond substituents is 1. The van der Waals surface area contributed by atoms with Gasteiger partial charge < -0.3 is 14.6 Å². The van der Waals surface area contributed by atoms with Crippen molar-refractivity contribution in [1.82, 2.24) is 4.90 Å². The summed E-state index contributed by atoms with van der Waals surface area (Å²) in [5, 5.41) is 9.97. The molecule has 3 aromatic rings. The minimum atomic E-state index is 0.235. The fourth-order valence-corrected chi connectivity index (χ4v) is 4.69. The zero-order valence-corrected chi connectivity index (χ0v) is 17.1. The Morgan fingerprint density at radius 1 is 1.04 bits per heavy atom. The van der Waals surface area contributed by atoms with Crippen LogP contribution in [-0.2, 0) is 19.4 Å². The van der Waals surface area contributed by atoms with E-state index in [1.807, 2.05) is 35.6 Å². The third-order valence-corrected chi connectivity index (χ3v) is 6.48. The molecule has 0 aliphatic carbocycles. The summed E-state index contributed by atoms with van der Waals surface area (Å²) >= 11 is 1.85. The Balaban J connectivity index is 1.40. The summed E-state index contributed by atoms with van der Waals surface area (Å²) < 4.78 is 10.6.